The zero-order valence-corrected chi connectivity index (χ0v) is 11.2. The van der Waals surface area contributed by atoms with E-state index >= 15 is 0 Å². The number of halogens is 1. The minimum atomic E-state index is 0.405. The molecule has 0 aromatic carbocycles. The van der Waals surface area contributed by atoms with Crippen molar-refractivity contribution >= 4 is 15.9 Å². The molecule has 0 aromatic heterocycles. The lowest BCUT2D eigenvalue weighted by molar-refractivity contribution is -0.0512. The average molecular weight is 276 g/mol. The zero-order valence-electron chi connectivity index (χ0n) is 9.62. The van der Waals surface area contributed by atoms with E-state index in [0.717, 1.165) is 24.4 Å². The fourth-order valence-corrected chi connectivity index (χ4v) is 3.14. The van der Waals surface area contributed by atoms with Gasteiger partial charge in [0.1, 0.15) is 0 Å². The Morgan fingerprint density at radius 3 is 2.73 bits per heavy atom. The van der Waals surface area contributed by atoms with Crippen LogP contribution in [0.25, 0.3) is 0 Å². The SMILES string of the molecule is CC1COC(CBr)CN1CC1CCCC1. The van der Waals surface area contributed by atoms with Gasteiger partial charge in [-0.25, -0.2) is 0 Å². The average Bonchev–Trinajstić information content (AvgIpc) is 2.74. The van der Waals surface area contributed by atoms with Gasteiger partial charge in [-0.3, -0.25) is 4.90 Å². The maximum Gasteiger partial charge on any atom is 0.0799 e. The lowest BCUT2D eigenvalue weighted by Crippen LogP contribution is -2.50. The highest BCUT2D eigenvalue weighted by atomic mass is 79.9. The van der Waals surface area contributed by atoms with Crippen molar-refractivity contribution < 1.29 is 4.74 Å². The molecule has 1 saturated carbocycles. The van der Waals surface area contributed by atoms with Crippen LogP contribution in [-0.2, 0) is 4.74 Å². The van der Waals surface area contributed by atoms with Crippen LogP contribution in [-0.4, -0.2) is 42.1 Å². The van der Waals surface area contributed by atoms with Gasteiger partial charge >= 0.3 is 0 Å². The molecule has 2 fully saturated rings. The van der Waals surface area contributed by atoms with Crippen LogP contribution < -0.4 is 0 Å². The second kappa shape index (κ2) is 5.65. The van der Waals surface area contributed by atoms with Gasteiger partial charge in [-0.2, -0.15) is 0 Å². The van der Waals surface area contributed by atoms with Crippen molar-refractivity contribution in [1.29, 1.82) is 0 Å². The Labute approximate surface area is 101 Å². The van der Waals surface area contributed by atoms with E-state index in [1.807, 2.05) is 0 Å². The summed E-state index contributed by atoms with van der Waals surface area (Å²) in [6.07, 6.45) is 6.20. The molecule has 2 nitrogen and oxygen atoms in total. The van der Waals surface area contributed by atoms with E-state index < -0.39 is 0 Å². The molecule has 1 aliphatic carbocycles. The molecule has 3 heteroatoms. The molecule has 0 bridgehead atoms. The van der Waals surface area contributed by atoms with Crippen LogP contribution in [0.4, 0.5) is 0 Å². The Hall–Kier alpha value is 0.400. The van der Waals surface area contributed by atoms with Crippen LogP contribution >= 0.6 is 15.9 Å². The zero-order chi connectivity index (χ0) is 10.7. The Morgan fingerprint density at radius 2 is 2.07 bits per heavy atom. The summed E-state index contributed by atoms with van der Waals surface area (Å²) in [6, 6.07) is 0.612. The minimum Gasteiger partial charge on any atom is -0.374 e. The number of nitrogens with zero attached hydrogens (tertiary/aromatic N) is 1. The van der Waals surface area contributed by atoms with Crippen molar-refractivity contribution in [3.8, 4) is 0 Å². The molecule has 2 aliphatic rings. The van der Waals surface area contributed by atoms with E-state index in [2.05, 4.69) is 27.8 Å². The van der Waals surface area contributed by atoms with E-state index in [-0.39, 0.29) is 0 Å². The molecular weight excluding hydrogens is 254 g/mol. The predicted molar refractivity (Wildman–Crippen MR) is 66.5 cm³/mol. The summed E-state index contributed by atoms with van der Waals surface area (Å²) >= 11 is 3.52. The number of ether oxygens (including phenoxy) is 1. The van der Waals surface area contributed by atoms with Crippen molar-refractivity contribution in [2.75, 3.05) is 25.0 Å². The van der Waals surface area contributed by atoms with Gasteiger partial charge in [0.05, 0.1) is 12.7 Å². The topological polar surface area (TPSA) is 12.5 Å². The molecule has 1 aliphatic heterocycles. The largest absolute Gasteiger partial charge is 0.374 e. The maximum absolute atomic E-state index is 5.75. The summed E-state index contributed by atoms with van der Waals surface area (Å²) in [5.74, 6) is 0.960. The van der Waals surface area contributed by atoms with Crippen LogP contribution in [0.2, 0.25) is 0 Å². The number of morpholine rings is 1. The van der Waals surface area contributed by atoms with Gasteiger partial charge in [0.15, 0.2) is 0 Å². The molecule has 0 spiro atoms. The van der Waals surface area contributed by atoms with Gasteiger partial charge in [0, 0.05) is 24.5 Å². The number of hydrogen-bond donors (Lipinski definition) is 0. The fraction of sp³-hybridized carbons (Fsp3) is 1.00. The summed E-state index contributed by atoms with van der Waals surface area (Å²) in [7, 11) is 0. The van der Waals surface area contributed by atoms with Gasteiger partial charge in [0.2, 0.25) is 0 Å². The summed E-state index contributed by atoms with van der Waals surface area (Å²) < 4.78 is 5.75. The molecule has 0 amide bonds. The second-order valence-corrected chi connectivity index (χ2v) is 5.71. The normalized spacial score (nSPS) is 34.8. The van der Waals surface area contributed by atoms with Crippen molar-refractivity contribution in [2.45, 2.75) is 44.8 Å². The Kier molecular flexibility index (Phi) is 4.47. The fourth-order valence-electron chi connectivity index (χ4n) is 2.75. The number of rotatable bonds is 3. The highest BCUT2D eigenvalue weighted by Crippen LogP contribution is 2.27. The highest BCUT2D eigenvalue weighted by Gasteiger charge is 2.28. The van der Waals surface area contributed by atoms with Crippen molar-refractivity contribution in [3.05, 3.63) is 0 Å². The quantitative estimate of drug-likeness (QED) is 0.735. The first-order chi connectivity index (χ1) is 7.29. The molecule has 0 N–H and O–H groups in total. The van der Waals surface area contributed by atoms with E-state index in [9.17, 15) is 0 Å². The lowest BCUT2D eigenvalue weighted by atomic mass is 10.1. The van der Waals surface area contributed by atoms with E-state index in [1.165, 1.54) is 32.2 Å². The third kappa shape index (κ3) is 3.18. The lowest BCUT2D eigenvalue weighted by Gasteiger charge is -2.38. The second-order valence-electron chi connectivity index (χ2n) is 5.06. The summed E-state index contributed by atoms with van der Waals surface area (Å²) in [5.41, 5.74) is 0. The maximum atomic E-state index is 5.75. The third-order valence-electron chi connectivity index (χ3n) is 3.77. The Morgan fingerprint density at radius 1 is 1.33 bits per heavy atom. The van der Waals surface area contributed by atoms with Crippen LogP contribution in [0, 0.1) is 5.92 Å². The smallest absolute Gasteiger partial charge is 0.0799 e. The van der Waals surface area contributed by atoms with E-state index in [4.69, 9.17) is 4.74 Å². The van der Waals surface area contributed by atoms with Crippen LogP contribution in [0.3, 0.4) is 0 Å². The van der Waals surface area contributed by atoms with Crippen LogP contribution in [0.15, 0.2) is 0 Å². The van der Waals surface area contributed by atoms with Crippen molar-refractivity contribution in [1.82, 2.24) is 4.90 Å². The molecule has 1 saturated heterocycles. The molecule has 0 radical (unpaired) electrons. The molecule has 2 atom stereocenters. The third-order valence-corrected chi connectivity index (χ3v) is 4.50. The van der Waals surface area contributed by atoms with Crippen molar-refractivity contribution in [3.63, 3.8) is 0 Å². The van der Waals surface area contributed by atoms with Gasteiger partial charge in [0.25, 0.3) is 0 Å². The molecule has 88 valence electrons. The van der Waals surface area contributed by atoms with E-state index in [0.29, 0.717) is 12.1 Å². The molecule has 2 unspecified atom stereocenters. The standard InChI is InChI=1S/C12H22BrNO/c1-10-9-15-12(6-13)8-14(10)7-11-4-2-3-5-11/h10-12H,2-9H2,1H3. The first-order valence-corrected chi connectivity index (χ1v) is 7.33. The van der Waals surface area contributed by atoms with Gasteiger partial charge in [-0.05, 0) is 25.7 Å². The molecule has 2 rings (SSSR count). The summed E-state index contributed by atoms with van der Waals surface area (Å²) in [5, 5.41) is 0.973. The monoisotopic (exact) mass is 275 g/mol. The first-order valence-electron chi connectivity index (χ1n) is 6.21. The molecule has 0 aromatic rings. The van der Waals surface area contributed by atoms with Gasteiger partial charge < -0.3 is 4.74 Å². The van der Waals surface area contributed by atoms with Gasteiger partial charge in [-0.1, -0.05) is 28.8 Å². The Balaban J connectivity index is 1.82. The predicted octanol–water partition coefficient (Wildman–Crippen LogP) is 2.66. The molecular formula is C12H22BrNO. The molecule has 15 heavy (non-hydrogen) atoms. The highest BCUT2D eigenvalue weighted by molar-refractivity contribution is 9.09. The van der Waals surface area contributed by atoms with Crippen molar-refractivity contribution in [2.24, 2.45) is 5.92 Å². The number of hydrogen-bond acceptors (Lipinski definition) is 2. The van der Waals surface area contributed by atoms with E-state index in [1.54, 1.807) is 0 Å². The number of alkyl halides is 1. The molecule has 1 heterocycles. The van der Waals surface area contributed by atoms with Crippen LogP contribution in [0.5, 0.6) is 0 Å². The van der Waals surface area contributed by atoms with Gasteiger partial charge in [-0.15, -0.1) is 0 Å². The summed E-state index contributed by atoms with van der Waals surface area (Å²) in [4.78, 5) is 2.63. The first kappa shape index (κ1) is 11.9. The van der Waals surface area contributed by atoms with Crippen LogP contribution in [0.1, 0.15) is 32.6 Å². The minimum absolute atomic E-state index is 0.405. The summed E-state index contributed by atoms with van der Waals surface area (Å²) in [6.45, 7) is 5.61. The Bertz CT molecular complexity index is 194.